The number of rotatable bonds is 19. The Morgan fingerprint density at radius 3 is 1.88 bits per heavy atom. The molecule has 0 aliphatic rings. The number of amides is 5. The molecule has 16 nitrogen and oxygen atoms in total. The molecule has 10 N–H and O–H groups in total. The first-order valence-corrected chi connectivity index (χ1v) is 15.7. The molecule has 1 aromatic heterocycles. The highest BCUT2D eigenvalue weighted by atomic mass is 16.4. The summed E-state index contributed by atoms with van der Waals surface area (Å²) in [6.07, 6.45) is 1.25. The minimum Gasteiger partial charge on any atom is -0.481 e. The summed E-state index contributed by atoms with van der Waals surface area (Å²) < 4.78 is 0. The summed E-state index contributed by atoms with van der Waals surface area (Å²) in [5.74, 6) is -6.68. The standard InChI is InChI=1S/C32H47N7O9/c1-16(2)10-22(36-26(40)15-35-29(44)24(13-27(41)42)37-28(43)18(5)33)30(45)38-23(31(46)39-25(32(47)48)11-17(3)4)12-19-14-34-21-9-7-6-8-20(19)21/h6-9,14,16-18,22-25,34H,10-13,15,33H2,1-5H3,(H,35,44)(H,36,40)(H,37,43)(H,38,45)(H,39,46)(H,41,42)(H,47,48)/t18-,22-,23-,24-,25-/m0/s1. The summed E-state index contributed by atoms with van der Waals surface area (Å²) in [4.78, 5) is 90.9. The molecule has 2 aromatic rings. The number of nitrogens with one attached hydrogen (secondary N) is 6. The van der Waals surface area contributed by atoms with Gasteiger partial charge in [-0.15, -0.1) is 0 Å². The Bertz CT molecular complexity index is 1470. The molecule has 48 heavy (non-hydrogen) atoms. The Hall–Kier alpha value is -4.99. The van der Waals surface area contributed by atoms with Gasteiger partial charge in [-0.2, -0.15) is 0 Å². The van der Waals surface area contributed by atoms with E-state index in [2.05, 4.69) is 31.6 Å². The van der Waals surface area contributed by atoms with Crippen molar-refractivity contribution >= 4 is 52.4 Å². The molecule has 0 unspecified atom stereocenters. The van der Waals surface area contributed by atoms with Crippen LogP contribution in [0.25, 0.3) is 10.9 Å². The minimum atomic E-state index is -1.50. The van der Waals surface area contributed by atoms with Crippen LogP contribution < -0.4 is 32.3 Å². The van der Waals surface area contributed by atoms with E-state index in [1.54, 1.807) is 6.20 Å². The van der Waals surface area contributed by atoms with Gasteiger partial charge in [0.25, 0.3) is 0 Å². The second-order valence-corrected chi connectivity index (χ2v) is 12.6. The number of hydrogen-bond donors (Lipinski definition) is 9. The summed E-state index contributed by atoms with van der Waals surface area (Å²) >= 11 is 0. The number of hydrogen-bond acceptors (Lipinski definition) is 8. The lowest BCUT2D eigenvalue weighted by Gasteiger charge is -2.26. The fourth-order valence-electron chi connectivity index (χ4n) is 4.89. The quantitative estimate of drug-likeness (QED) is 0.0945. The molecule has 0 fully saturated rings. The summed E-state index contributed by atoms with van der Waals surface area (Å²) in [6.45, 7) is 7.95. The molecule has 0 spiro atoms. The van der Waals surface area contributed by atoms with Crippen molar-refractivity contribution in [3.63, 3.8) is 0 Å². The van der Waals surface area contributed by atoms with Gasteiger partial charge < -0.3 is 47.5 Å². The van der Waals surface area contributed by atoms with E-state index >= 15 is 0 Å². The van der Waals surface area contributed by atoms with Gasteiger partial charge in [0.2, 0.25) is 29.5 Å². The predicted octanol–water partition coefficient (Wildman–Crippen LogP) is -0.235. The normalized spacial score (nSPS) is 14.3. The van der Waals surface area contributed by atoms with Crippen molar-refractivity contribution in [1.29, 1.82) is 0 Å². The van der Waals surface area contributed by atoms with Crippen LogP contribution in [0.3, 0.4) is 0 Å². The first-order chi connectivity index (χ1) is 22.5. The largest absolute Gasteiger partial charge is 0.481 e. The second-order valence-electron chi connectivity index (χ2n) is 12.6. The Kier molecular flexibility index (Phi) is 15.0. The Labute approximate surface area is 278 Å². The molecule has 0 bridgehead atoms. The maximum absolute atomic E-state index is 13.6. The molecule has 0 aliphatic carbocycles. The van der Waals surface area contributed by atoms with Gasteiger partial charge in [-0.1, -0.05) is 45.9 Å². The number of carbonyl (C=O) groups is 7. The number of carboxylic acids is 2. The molecule has 1 heterocycles. The number of carbonyl (C=O) groups excluding carboxylic acids is 5. The molecule has 16 heteroatoms. The predicted molar refractivity (Wildman–Crippen MR) is 175 cm³/mol. The van der Waals surface area contributed by atoms with E-state index in [4.69, 9.17) is 10.8 Å². The lowest BCUT2D eigenvalue weighted by Crippen LogP contribution is -2.57. The van der Waals surface area contributed by atoms with Crippen LogP contribution in [0.15, 0.2) is 30.5 Å². The zero-order chi connectivity index (χ0) is 36.1. The van der Waals surface area contributed by atoms with Crippen LogP contribution in [0.1, 0.15) is 59.4 Å². The molecule has 0 aliphatic heterocycles. The first-order valence-electron chi connectivity index (χ1n) is 15.7. The number of aromatic amines is 1. The van der Waals surface area contributed by atoms with E-state index in [1.807, 2.05) is 52.0 Å². The summed E-state index contributed by atoms with van der Waals surface area (Å²) in [7, 11) is 0. The van der Waals surface area contributed by atoms with Crippen LogP contribution in [-0.4, -0.2) is 93.4 Å². The van der Waals surface area contributed by atoms with Crippen molar-refractivity contribution in [2.75, 3.05) is 6.54 Å². The van der Waals surface area contributed by atoms with Gasteiger partial charge in [0, 0.05) is 23.5 Å². The van der Waals surface area contributed by atoms with Gasteiger partial charge >= 0.3 is 11.9 Å². The van der Waals surface area contributed by atoms with E-state index in [-0.39, 0.29) is 31.1 Å². The number of H-pyrrole nitrogens is 1. The van der Waals surface area contributed by atoms with E-state index in [9.17, 15) is 38.7 Å². The summed E-state index contributed by atoms with van der Waals surface area (Å²) in [6, 6.07) is 1.25. The molecule has 2 rings (SSSR count). The van der Waals surface area contributed by atoms with Crippen molar-refractivity contribution in [2.45, 2.75) is 90.5 Å². The maximum Gasteiger partial charge on any atom is 0.326 e. The SMILES string of the molecule is CC(C)C[C@H](NC(=O)[C@H](Cc1c[nH]c2ccccc12)NC(=O)[C@H](CC(C)C)NC(=O)CNC(=O)[C@H](CC(=O)O)NC(=O)[C@H](C)N)C(=O)O. The molecule has 1 aromatic carbocycles. The zero-order valence-corrected chi connectivity index (χ0v) is 27.8. The highest BCUT2D eigenvalue weighted by molar-refractivity contribution is 5.96. The molecule has 264 valence electrons. The number of para-hydroxylation sites is 1. The topological polar surface area (TPSA) is 262 Å². The average Bonchev–Trinajstić information content (AvgIpc) is 3.40. The van der Waals surface area contributed by atoms with Crippen LogP contribution in [-0.2, 0) is 40.0 Å². The van der Waals surface area contributed by atoms with E-state index in [0.717, 1.165) is 10.9 Å². The molecule has 5 atom stereocenters. The number of benzene rings is 1. The van der Waals surface area contributed by atoms with Crippen molar-refractivity contribution in [3.05, 3.63) is 36.0 Å². The maximum atomic E-state index is 13.6. The van der Waals surface area contributed by atoms with Gasteiger partial charge in [0.1, 0.15) is 24.2 Å². The molecule has 0 saturated carbocycles. The fourth-order valence-corrected chi connectivity index (χ4v) is 4.89. The molecule has 0 radical (unpaired) electrons. The highest BCUT2D eigenvalue weighted by Crippen LogP contribution is 2.20. The lowest BCUT2D eigenvalue weighted by atomic mass is 9.99. The monoisotopic (exact) mass is 673 g/mol. The van der Waals surface area contributed by atoms with Crippen LogP contribution in [0.4, 0.5) is 0 Å². The number of fused-ring (bicyclic) bond motifs is 1. The zero-order valence-electron chi connectivity index (χ0n) is 27.8. The molecular weight excluding hydrogens is 626 g/mol. The smallest absolute Gasteiger partial charge is 0.326 e. The van der Waals surface area contributed by atoms with Crippen LogP contribution in [0.2, 0.25) is 0 Å². The number of nitrogens with two attached hydrogens (primary N) is 1. The number of aliphatic carboxylic acids is 2. The molecule has 0 saturated heterocycles. The fraction of sp³-hybridized carbons (Fsp3) is 0.531. The highest BCUT2D eigenvalue weighted by Gasteiger charge is 2.31. The third kappa shape index (κ3) is 12.7. The van der Waals surface area contributed by atoms with Gasteiger partial charge in [-0.3, -0.25) is 28.8 Å². The van der Waals surface area contributed by atoms with Gasteiger partial charge in [-0.05, 0) is 43.2 Å². The minimum absolute atomic E-state index is 0.00606. The Morgan fingerprint density at radius 2 is 1.29 bits per heavy atom. The third-order valence-electron chi connectivity index (χ3n) is 7.26. The Morgan fingerprint density at radius 1 is 0.729 bits per heavy atom. The molecule has 5 amide bonds. The van der Waals surface area contributed by atoms with E-state index in [1.165, 1.54) is 6.92 Å². The van der Waals surface area contributed by atoms with Crippen molar-refractivity contribution in [2.24, 2.45) is 17.6 Å². The Balaban J connectivity index is 2.24. The van der Waals surface area contributed by atoms with Gasteiger partial charge in [0.05, 0.1) is 19.0 Å². The number of aromatic nitrogens is 1. The van der Waals surface area contributed by atoms with Crippen LogP contribution >= 0.6 is 0 Å². The van der Waals surface area contributed by atoms with Crippen LogP contribution in [0, 0.1) is 11.8 Å². The van der Waals surface area contributed by atoms with E-state index in [0.29, 0.717) is 5.56 Å². The summed E-state index contributed by atoms with van der Waals surface area (Å²) in [5.41, 5.74) is 6.98. The van der Waals surface area contributed by atoms with Crippen LogP contribution in [0.5, 0.6) is 0 Å². The first kappa shape index (κ1) is 39.2. The average molecular weight is 674 g/mol. The third-order valence-corrected chi connectivity index (χ3v) is 7.26. The van der Waals surface area contributed by atoms with Crippen molar-refractivity contribution in [3.8, 4) is 0 Å². The van der Waals surface area contributed by atoms with Crippen molar-refractivity contribution in [1.82, 2.24) is 31.6 Å². The second kappa shape index (κ2) is 18.4. The van der Waals surface area contributed by atoms with Gasteiger partial charge in [0.15, 0.2) is 0 Å². The van der Waals surface area contributed by atoms with Crippen molar-refractivity contribution < 1.29 is 43.8 Å². The van der Waals surface area contributed by atoms with E-state index < -0.39 is 84.6 Å². The number of carboxylic acid groups (broad SMARTS) is 2. The van der Waals surface area contributed by atoms with Gasteiger partial charge in [-0.25, -0.2) is 4.79 Å². The molecular formula is C32H47N7O9. The lowest BCUT2D eigenvalue weighted by molar-refractivity contribution is -0.143. The summed E-state index contributed by atoms with van der Waals surface area (Å²) in [5, 5.41) is 31.9.